The number of hydrogen-bond donors (Lipinski definition) is 1. The zero-order valence-corrected chi connectivity index (χ0v) is 12.1. The first-order valence-electron chi connectivity index (χ1n) is 7.39. The molecular weight excluding hydrogens is 242 g/mol. The Bertz CT molecular complexity index is 391. The van der Waals surface area contributed by atoms with Gasteiger partial charge in [-0.3, -0.25) is 0 Å². The molecule has 0 aliphatic heterocycles. The van der Waals surface area contributed by atoms with Crippen LogP contribution in [0.1, 0.15) is 61.9 Å². The fourth-order valence-corrected chi connectivity index (χ4v) is 4.17. The van der Waals surface area contributed by atoms with Gasteiger partial charge in [-0.25, -0.2) is 0 Å². The molecule has 0 unspecified atom stereocenters. The molecule has 0 atom stereocenters. The first-order valence-corrected chi connectivity index (χ1v) is 8.20. The summed E-state index contributed by atoms with van der Waals surface area (Å²) in [6, 6.07) is 0.800. The Balaban J connectivity index is 1.60. The lowest BCUT2D eigenvalue weighted by molar-refractivity contribution is 0.419. The first kappa shape index (κ1) is 12.5. The summed E-state index contributed by atoms with van der Waals surface area (Å²) in [7, 11) is 0. The molecule has 2 saturated carbocycles. The molecule has 0 amide bonds. The number of hydrogen-bond acceptors (Lipinski definition) is 4. The van der Waals surface area contributed by atoms with Crippen molar-refractivity contribution in [3.63, 3.8) is 0 Å². The summed E-state index contributed by atoms with van der Waals surface area (Å²) in [6.45, 7) is 3.37. The third-order valence-corrected chi connectivity index (χ3v) is 5.74. The van der Waals surface area contributed by atoms with E-state index in [-0.39, 0.29) is 0 Å². The highest BCUT2D eigenvalue weighted by Gasteiger charge is 2.37. The average molecular weight is 265 g/mol. The van der Waals surface area contributed by atoms with Crippen molar-refractivity contribution in [1.82, 2.24) is 15.5 Å². The molecule has 3 rings (SSSR count). The molecule has 0 bridgehead atoms. The van der Waals surface area contributed by atoms with Gasteiger partial charge < -0.3 is 5.32 Å². The summed E-state index contributed by atoms with van der Waals surface area (Å²) >= 11 is 1.86. The maximum absolute atomic E-state index is 4.50. The van der Waals surface area contributed by atoms with E-state index in [2.05, 4.69) is 22.4 Å². The quantitative estimate of drug-likeness (QED) is 0.859. The van der Waals surface area contributed by atoms with Crippen LogP contribution in [0.2, 0.25) is 0 Å². The maximum atomic E-state index is 4.50. The first-order chi connectivity index (χ1) is 8.82. The van der Waals surface area contributed by atoms with Crippen LogP contribution in [0, 0.1) is 0 Å². The van der Waals surface area contributed by atoms with Crippen molar-refractivity contribution in [1.29, 1.82) is 0 Å². The minimum atomic E-state index is 0.375. The van der Waals surface area contributed by atoms with Crippen molar-refractivity contribution in [3.8, 4) is 0 Å². The van der Waals surface area contributed by atoms with E-state index in [1.165, 1.54) is 55.0 Å². The van der Waals surface area contributed by atoms with Gasteiger partial charge >= 0.3 is 0 Å². The molecule has 4 heteroatoms. The summed E-state index contributed by atoms with van der Waals surface area (Å²) in [5.41, 5.74) is 0.375. The monoisotopic (exact) mass is 265 g/mol. The van der Waals surface area contributed by atoms with Gasteiger partial charge in [-0.05, 0) is 32.1 Å². The van der Waals surface area contributed by atoms with Crippen molar-refractivity contribution in [3.05, 3.63) is 10.0 Å². The van der Waals surface area contributed by atoms with E-state index in [0.29, 0.717) is 5.41 Å². The lowest BCUT2D eigenvalue weighted by atomic mass is 9.84. The molecule has 2 aliphatic carbocycles. The molecule has 0 spiro atoms. The van der Waals surface area contributed by atoms with Crippen LogP contribution >= 0.6 is 11.3 Å². The highest BCUT2D eigenvalue weighted by atomic mass is 32.1. The smallest absolute Gasteiger partial charge is 0.123 e. The van der Waals surface area contributed by atoms with Crippen LogP contribution in [0.5, 0.6) is 0 Å². The van der Waals surface area contributed by atoms with Crippen molar-refractivity contribution in [2.75, 3.05) is 6.54 Å². The molecule has 0 aromatic carbocycles. The molecule has 100 valence electrons. The number of rotatable bonds is 6. The minimum absolute atomic E-state index is 0.375. The van der Waals surface area contributed by atoms with E-state index in [1.807, 2.05) is 11.3 Å². The van der Waals surface area contributed by atoms with Crippen LogP contribution in [0.25, 0.3) is 0 Å². The van der Waals surface area contributed by atoms with E-state index in [0.717, 1.165) is 19.0 Å². The lowest BCUT2D eigenvalue weighted by Gasteiger charge is -2.23. The molecule has 1 aromatic heterocycles. The SMILES string of the molecule is CCC1(c2nnc(CCNC3CC3)s2)CCCC1. The van der Waals surface area contributed by atoms with E-state index >= 15 is 0 Å². The Morgan fingerprint density at radius 1 is 1.28 bits per heavy atom. The van der Waals surface area contributed by atoms with Crippen LogP contribution in [-0.4, -0.2) is 22.8 Å². The van der Waals surface area contributed by atoms with Gasteiger partial charge in [-0.15, -0.1) is 21.5 Å². The Kier molecular flexibility index (Phi) is 3.66. The third-order valence-electron chi connectivity index (χ3n) is 4.51. The summed E-state index contributed by atoms with van der Waals surface area (Å²) in [5.74, 6) is 0. The van der Waals surface area contributed by atoms with E-state index in [1.54, 1.807) is 0 Å². The van der Waals surface area contributed by atoms with E-state index in [4.69, 9.17) is 0 Å². The lowest BCUT2D eigenvalue weighted by Crippen LogP contribution is -2.20. The van der Waals surface area contributed by atoms with Crippen LogP contribution in [0.4, 0.5) is 0 Å². The van der Waals surface area contributed by atoms with Gasteiger partial charge in [0, 0.05) is 24.4 Å². The molecule has 0 saturated heterocycles. The second-order valence-corrected chi connectivity index (χ2v) is 6.88. The van der Waals surface area contributed by atoms with Crippen LogP contribution < -0.4 is 5.32 Å². The molecule has 18 heavy (non-hydrogen) atoms. The van der Waals surface area contributed by atoms with Crippen molar-refractivity contribution >= 4 is 11.3 Å². The summed E-state index contributed by atoms with van der Waals surface area (Å²) < 4.78 is 0. The van der Waals surface area contributed by atoms with Gasteiger partial charge in [0.25, 0.3) is 0 Å². The maximum Gasteiger partial charge on any atom is 0.123 e. The zero-order valence-electron chi connectivity index (χ0n) is 11.2. The molecular formula is C14H23N3S. The Morgan fingerprint density at radius 3 is 2.72 bits per heavy atom. The van der Waals surface area contributed by atoms with E-state index < -0.39 is 0 Å². The topological polar surface area (TPSA) is 37.8 Å². The highest BCUT2D eigenvalue weighted by molar-refractivity contribution is 7.11. The van der Waals surface area contributed by atoms with Crippen molar-refractivity contribution in [2.45, 2.75) is 69.7 Å². The van der Waals surface area contributed by atoms with Gasteiger partial charge in [0.2, 0.25) is 0 Å². The number of aromatic nitrogens is 2. The molecule has 3 nitrogen and oxygen atoms in total. The van der Waals surface area contributed by atoms with Gasteiger partial charge in [0.1, 0.15) is 10.0 Å². The predicted molar refractivity (Wildman–Crippen MR) is 75.1 cm³/mol. The molecule has 2 fully saturated rings. The summed E-state index contributed by atoms with van der Waals surface area (Å²) in [4.78, 5) is 0. The zero-order chi connectivity index (χ0) is 12.4. The van der Waals surface area contributed by atoms with Crippen LogP contribution in [0.15, 0.2) is 0 Å². The largest absolute Gasteiger partial charge is 0.314 e. The van der Waals surface area contributed by atoms with Crippen LogP contribution in [0.3, 0.4) is 0 Å². The average Bonchev–Trinajstić information content (AvgIpc) is 2.92. The van der Waals surface area contributed by atoms with Gasteiger partial charge in [0.15, 0.2) is 0 Å². The van der Waals surface area contributed by atoms with Gasteiger partial charge in [0.05, 0.1) is 0 Å². The number of nitrogens with zero attached hydrogens (tertiary/aromatic N) is 2. The standard InChI is InChI=1S/C14H23N3S/c1-2-14(8-3-4-9-14)13-17-16-12(18-13)7-10-15-11-5-6-11/h11,15H,2-10H2,1H3. The Hall–Kier alpha value is -0.480. The molecule has 1 aromatic rings. The normalized spacial score (nSPS) is 22.5. The van der Waals surface area contributed by atoms with Gasteiger partial charge in [-0.1, -0.05) is 19.8 Å². The summed E-state index contributed by atoms with van der Waals surface area (Å²) in [6.07, 6.45) is 10.4. The minimum Gasteiger partial charge on any atom is -0.314 e. The van der Waals surface area contributed by atoms with Crippen molar-refractivity contribution in [2.24, 2.45) is 0 Å². The Labute approximate surface area is 113 Å². The molecule has 0 radical (unpaired) electrons. The highest BCUT2D eigenvalue weighted by Crippen LogP contribution is 2.44. The van der Waals surface area contributed by atoms with Crippen molar-refractivity contribution < 1.29 is 0 Å². The predicted octanol–water partition coefficient (Wildman–Crippen LogP) is 3.05. The molecule has 1 N–H and O–H groups in total. The number of nitrogens with one attached hydrogen (secondary N) is 1. The second-order valence-electron chi connectivity index (χ2n) is 5.82. The second kappa shape index (κ2) is 5.25. The molecule has 2 aliphatic rings. The fraction of sp³-hybridized carbons (Fsp3) is 0.857. The molecule has 1 heterocycles. The van der Waals surface area contributed by atoms with E-state index in [9.17, 15) is 0 Å². The summed E-state index contributed by atoms with van der Waals surface area (Å²) in [5, 5.41) is 15.0. The third kappa shape index (κ3) is 2.59. The fourth-order valence-electron chi connectivity index (χ4n) is 3.01. The van der Waals surface area contributed by atoms with Gasteiger partial charge in [-0.2, -0.15) is 0 Å². The Morgan fingerprint density at radius 2 is 2.06 bits per heavy atom. The van der Waals surface area contributed by atoms with Crippen LogP contribution in [-0.2, 0) is 11.8 Å².